The molecular weight excluding hydrogens is 525 g/mol. The largest absolute Gasteiger partial charge is 0.363 e. The summed E-state index contributed by atoms with van der Waals surface area (Å²) in [5.41, 5.74) is 6.62. The summed E-state index contributed by atoms with van der Waals surface area (Å²) < 4.78 is 0. The number of rotatable bonds is 10. The first-order valence-electron chi connectivity index (χ1n) is 14.7. The maximum atomic E-state index is 2.56. The first-order chi connectivity index (χ1) is 20.7. The standard InChI is InChI=1S/C40H37NP/c1-33-27-28-40(41(30-34-17-7-2-8-18-34)31-35-19-9-3-10-20-35)36(29-33)32-42(37-21-11-4-12-22-37,38-23-13-5-14-24-38)39-25-15-6-16-26-39/h2-29H,30-32H2,1H3/q+1. The van der Waals surface area contributed by atoms with Crippen molar-refractivity contribution in [2.24, 2.45) is 0 Å². The Morgan fingerprint density at radius 1 is 0.452 bits per heavy atom. The van der Waals surface area contributed by atoms with Crippen LogP contribution < -0.4 is 20.8 Å². The van der Waals surface area contributed by atoms with Crippen LogP contribution in [0.3, 0.4) is 0 Å². The minimum absolute atomic E-state index is 0.846. The summed E-state index contributed by atoms with van der Waals surface area (Å²) in [7, 11) is -2.05. The number of aryl methyl sites for hydroxylation is 1. The van der Waals surface area contributed by atoms with Gasteiger partial charge in [-0.05, 0) is 60.5 Å². The summed E-state index contributed by atoms with van der Waals surface area (Å²) >= 11 is 0. The van der Waals surface area contributed by atoms with Gasteiger partial charge in [-0.3, -0.25) is 0 Å². The molecule has 0 radical (unpaired) electrons. The molecule has 0 fully saturated rings. The Balaban J connectivity index is 1.54. The zero-order chi connectivity index (χ0) is 28.6. The van der Waals surface area contributed by atoms with Crippen molar-refractivity contribution in [3.63, 3.8) is 0 Å². The van der Waals surface area contributed by atoms with E-state index in [2.05, 4.69) is 182 Å². The molecule has 0 aliphatic rings. The van der Waals surface area contributed by atoms with Crippen molar-refractivity contribution in [2.45, 2.75) is 26.2 Å². The molecule has 0 amide bonds. The van der Waals surface area contributed by atoms with Crippen molar-refractivity contribution in [2.75, 3.05) is 4.90 Å². The lowest BCUT2D eigenvalue weighted by Crippen LogP contribution is -2.33. The summed E-state index contributed by atoms with van der Waals surface area (Å²) in [5.74, 6) is 0. The molecule has 0 aliphatic carbocycles. The van der Waals surface area contributed by atoms with Crippen molar-refractivity contribution < 1.29 is 0 Å². The van der Waals surface area contributed by atoms with Crippen LogP contribution in [0.4, 0.5) is 5.69 Å². The van der Waals surface area contributed by atoms with Crippen molar-refractivity contribution in [3.8, 4) is 0 Å². The molecule has 2 heteroatoms. The predicted molar refractivity (Wildman–Crippen MR) is 183 cm³/mol. The van der Waals surface area contributed by atoms with Gasteiger partial charge in [-0.1, -0.05) is 133 Å². The molecule has 0 spiro atoms. The molecule has 0 saturated heterocycles. The third-order valence-electron chi connectivity index (χ3n) is 8.01. The van der Waals surface area contributed by atoms with E-state index >= 15 is 0 Å². The van der Waals surface area contributed by atoms with Crippen LogP contribution in [0.25, 0.3) is 0 Å². The lowest BCUT2D eigenvalue weighted by atomic mass is 10.1. The average molecular weight is 563 g/mol. The number of nitrogens with zero attached hydrogens (tertiary/aromatic N) is 1. The van der Waals surface area contributed by atoms with Gasteiger partial charge in [0.1, 0.15) is 29.3 Å². The molecular formula is C40H37NP+. The summed E-state index contributed by atoms with van der Waals surface area (Å²) in [6.07, 6.45) is 0.947. The topological polar surface area (TPSA) is 3.24 Å². The maximum Gasteiger partial charge on any atom is 0.116 e. The van der Waals surface area contributed by atoms with Crippen LogP contribution in [0, 0.1) is 6.92 Å². The van der Waals surface area contributed by atoms with Crippen LogP contribution in [-0.4, -0.2) is 0 Å². The first-order valence-corrected chi connectivity index (χ1v) is 16.7. The zero-order valence-corrected chi connectivity index (χ0v) is 25.1. The van der Waals surface area contributed by atoms with E-state index in [0.29, 0.717) is 0 Å². The van der Waals surface area contributed by atoms with Gasteiger partial charge in [-0.25, -0.2) is 0 Å². The van der Waals surface area contributed by atoms with Crippen LogP contribution in [0.5, 0.6) is 0 Å². The Hall–Kier alpha value is -4.45. The Bertz CT molecular complexity index is 1550. The van der Waals surface area contributed by atoms with Gasteiger partial charge in [-0.2, -0.15) is 0 Å². The fourth-order valence-electron chi connectivity index (χ4n) is 6.01. The third kappa shape index (κ3) is 6.08. The van der Waals surface area contributed by atoms with Gasteiger partial charge < -0.3 is 4.90 Å². The Kier molecular flexibility index (Phi) is 8.59. The SMILES string of the molecule is Cc1ccc(N(Cc2ccccc2)Cc2ccccc2)c(C[P+](c2ccccc2)(c2ccccc2)c2ccccc2)c1. The minimum atomic E-state index is -2.05. The summed E-state index contributed by atoms with van der Waals surface area (Å²) in [4.78, 5) is 2.56. The van der Waals surface area contributed by atoms with Crippen LogP contribution in [0.2, 0.25) is 0 Å². The molecule has 6 aromatic rings. The molecule has 0 heterocycles. The van der Waals surface area contributed by atoms with Gasteiger partial charge in [0.05, 0.1) is 0 Å². The van der Waals surface area contributed by atoms with E-state index < -0.39 is 7.26 Å². The Labute approximate surface area is 251 Å². The summed E-state index contributed by atoms with van der Waals surface area (Å²) in [5, 5.41) is 4.23. The van der Waals surface area contributed by atoms with E-state index in [0.717, 1.165) is 19.3 Å². The highest BCUT2D eigenvalue weighted by molar-refractivity contribution is 7.95. The van der Waals surface area contributed by atoms with Crippen LogP contribution in [0.15, 0.2) is 170 Å². The van der Waals surface area contributed by atoms with Gasteiger partial charge in [0, 0.05) is 24.3 Å². The molecule has 0 aromatic heterocycles. The molecule has 0 atom stereocenters. The second-order valence-corrected chi connectivity index (χ2v) is 14.4. The second-order valence-electron chi connectivity index (χ2n) is 10.9. The minimum Gasteiger partial charge on any atom is -0.363 e. The highest BCUT2D eigenvalue weighted by atomic mass is 31.2. The molecule has 206 valence electrons. The Morgan fingerprint density at radius 3 is 1.24 bits per heavy atom. The average Bonchev–Trinajstić information content (AvgIpc) is 3.06. The van der Waals surface area contributed by atoms with Gasteiger partial charge in [-0.15, -0.1) is 0 Å². The summed E-state index contributed by atoms with van der Waals surface area (Å²) in [6.45, 7) is 3.91. The van der Waals surface area contributed by atoms with Crippen LogP contribution in [-0.2, 0) is 19.3 Å². The molecule has 0 unspecified atom stereocenters. The maximum absolute atomic E-state index is 2.56. The lowest BCUT2D eigenvalue weighted by Gasteiger charge is -2.32. The fourth-order valence-corrected chi connectivity index (χ4v) is 10.3. The van der Waals surface area contributed by atoms with Gasteiger partial charge in [0.25, 0.3) is 0 Å². The first kappa shape index (κ1) is 27.7. The van der Waals surface area contributed by atoms with E-state index in [-0.39, 0.29) is 0 Å². The molecule has 0 N–H and O–H groups in total. The van der Waals surface area contributed by atoms with Gasteiger partial charge in [0.15, 0.2) is 0 Å². The number of benzene rings is 6. The second kappa shape index (κ2) is 13.0. The fraction of sp³-hybridized carbons (Fsp3) is 0.100. The molecule has 0 saturated carbocycles. The van der Waals surface area contributed by atoms with E-state index in [1.807, 2.05) is 0 Å². The van der Waals surface area contributed by atoms with Crippen LogP contribution in [0.1, 0.15) is 22.3 Å². The van der Waals surface area contributed by atoms with Crippen molar-refractivity contribution in [3.05, 3.63) is 192 Å². The molecule has 1 nitrogen and oxygen atoms in total. The molecule has 0 aliphatic heterocycles. The molecule has 42 heavy (non-hydrogen) atoms. The highest BCUT2D eigenvalue weighted by Crippen LogP contribution is 2.59. The van der Waals surface area contributed by atoms with Crippen molar-refractivity contribution in [1.29, 1.82) is 0 Å². The van der Waals surface area contributed by atoms with E-state index in [1.165, 1.54) is 43.9 Å². The van der Waals surface area contributed by atoms with Gasteiger partial charge in [0.2, 0.25) is 0 Å². The number of hydrogen-bond donors (Lipinski definition) is 0. The van der Waals surface area contributed by atoms with E-state index in [4.69, 9.17) is 0 Å². The lowest BCUT2D eigenvalue weighted by molar-refractivity contribution is 0.795. The van der Waals surface area contributed by atoms with Crippen LogP contribution >= 0.6 is 7.26 Å². The zero-order valence-electron chi connectivity index (χ0n) is 24.2. The molecule has 0 bridgehead atoms. The Morgan fingerprint density at radius 2 is 0.833 bits per heavy atom. The quantitative estimate of drug-likeness (QED) is 0.151. The monoisotopic (exact) mass is 562 g/mol. The van der Waals surface area contributed by atoms with E-state index in [9.17, 15) is 0 Å². The predicted octanol–water partition coefficient (Wildman–Crippen LogP) is 8.70. The van der Waals surface area contributed by atoms with Gasteiger partial charge >= 0.3 is 0 Å². The van der Waals surface area contributed by atoms with Crippen molar-refractivity contribution in [1.82, 2.24) is 0 Å². The van der Waals surface area contributed by atoms with Crippen molar-refractivity contribution >= 4 is 28.9 Å². The number of hydrogen-bond acceptors (Lipinski definition) is 1. The third-order valence-corrected chi connectivity index (χ3v) is 12.4. The smallest absolute Gasteiger partial charge is 0.116 e. The van der Waals surface area contributed by atoms with E-state index in [1.54, 1.807) is 0 Å². The highest BCUT2D eigenvalue weighted by Gasteiger charge is 2.46. The summed E-state index contributed by atoms with van der Waals surface area (Å²) in [6, 6.07) is 62.4. The number of anilines is 1. The molecule has 6 rings (SSSR count). The normalized spacial score (nSPS) is 11.3. The molecule has 6 aromatic carbocycles.